The van der Waals surface area contributed by atoms with E-state index < -0.39 is 23.3 Å². The smallest absolute Gasteiger partial charge is 0.353 e. The van der Waals surface area contributed by atoms with Crippen LogP contribution in [-0.4, -0.2) is 48.1 Å². The molecule has 24 heavy (non-hydrogen) atoms. The van der Waals surface area contributed by atoms with Gasteiger partial charge in [0.15, 0.2) is 0 Å². The Balaban J connectivity index is 2.30. The van der Waals surface area contributed by atoms with Crippen LogP contribution in [0.4, 0.5) is 14.6 Å². The number of alkyl halides is 2. The quantitative estimate of drug-likeness (QED) is 0.871. The second kappa shape index (κ2) is 6.65. The molecule has 0 aliphatic rings. The monoisotopic (exact) mass is 338 g/mol. The van der Waals surface area contributed by atoms with E-state index in [-0.39, 0.29) is 17.1 Å². The molecular weight excluding hydrogens is 322 g/mol. The first-order chi connectivity index (χ1) is 11.3. The van der Waals surface area contributed by atoms with E-state index in [1.165, 1.54) is 44.3 Å². The van der Waals surface area contributed by atoms with Crippen molar-refractivity contribution in [3.05, 3.63) is 41.6 Å². The van der Waals surface area contributed by atoms with Gasteiger partial charge >= 0.3 is 11.8 Å². The molecule has 2 amide bonds. The van der Waals surface area contributed by atoms with Crippen molar-refractivity contribution in [3.8, 4) is 5.75 Å². The van der Waals surface area contributed by atoms with Crippen LogP contribution >= 0.6 is 0 Å². The number of para-hydroxylation sites is 1. The van der Waals surface area contributed by atoms with Crippen molar-refractivity contribution < 1.29 is 23.1 Å². The molecule has 2 rings (SSSR count). The third-order valence-electron chi connectivity index (χ3n) is 3.24. The molecule has 0 fully saturated rings. The van der Waals surface area contributed by atoms with Crippen molar-refractivity contribution in [2.45, 2.75) is 5.92 Å². The van der Waals surface area contributed by atoms with Crippen molar-refractivity contribution >= 4 is 17.6 Å². The molecule has 7 nitrogen and oxygen atoms in total. The average Bonchev–Trinajstić information content (AvgIpc) is 3.01. The van der Waals surface area contributed by atoms with Crippen molar-refractivity contribution in [1.29, 1.82) is 0 Å². The van der Waals surface area contributed by atoms with Gasteiger partial charge in [0.05, 0.1) is 18.9 Å². The largest absolute Gasteiger partial charge is 0.496 e. The van der Waals surface area contributed by atoms with Crippen LogP contribution in [0.2, 0.25) is 0 Å². The number of nitrogens with one attached hydrogen (secondary N) is 2. The van der Waals surface area contributed by atoms with Crippen molar-refractivity contribution in [1.82, 2.24) is 15.1 Å². The van der Waals surface area contributed by atoms with E-state index >= 15 is 0 Å². The molecule has 0 radical (unpaired) electrons. The fourth-order valence-corrected chi connectivity index (χ4v) is 2.00. The van der Waals surface area contributed by atoms with Gasteiger partial charge in [0.1, 0.15) is 17.1 Å². The lowest BCUT2D eigenvalue weighted by atomic mass is 10.1. The summed E-state index contributed by atoms with van der Waals surface area (Å²) in [6.07, 6.45) is 1.15. The molecule has 0 spiro atoms. The zero-order chi connectivity index (χ0) is 17.9. The number of H-pyrrole nitrogens is 1. The van der Waals surface area contributed by atoms with Crippen LogP contribution in [0.3, 0.4) is 0 Å². The maximum Gasteiger partial charge on any atom is 0.353 e. The van der Waals surface area contributed by atoms with Crippen LogP contribution in [0.15, 0.2) is 30.5 Å². The van der Waals surface area contributed by atoms with Crippen LogP contribution in [0, 0.1) is 0 Å². The number of hydrogen-bond acceptors (Lipinski definition) is 4. The molecule has 2 aromatic rings. The zero-order valence-electron chi connectivity index (χ0n) is 13.3. The maximum absolute atomic E-state index is 14.5. The average molecular weight is 338 g/mol. The van der Waals surface area contributed by atoms with Crippen LogP contribution < -0.4 is 10.1 Å². The number of nitrogens with zero attached hydrogens (tertiary/aromatic N) is 2. The zero-order valence-corrected chi connectivity index (χ0v) is 13.3. The Morgan fingerprint density at radius 3 is 2.58 bits per heavy atom. The van der Waals surface area contributed by atoms with Gasteiger partial charge in [0, 0.05) is 14.1 Å². The molecule has 1 aromatic carbocycles. The molecule has 0 saturated carbocycles. The van der Waals surface area contributed by atoms with Gasteiger partial charge in [-0.1, -0.05) is 12.1 Å². The Kier molecular flexibility index (Phi) is 4.82. The predicted molar refractivity (Wildman–Crippen MR) is 82.1 cm³/mol. The molecule has 9 heteroatoms. The topological polar surface area (TPSA) is 87.3 Å². The molecule has 2 N–H and O–H groups in total. The molecular formula is C15H16F2N4O3. The summed E-state index contributed by atoms with van der Waals surface area (Å²) in [6.45, 7) is 0. The summed E-state index contributed by atoms with van der Waals surface area (Å²) in [5.41, 5.74) is -0.603. The molecule has 128 valence electrons. The molecule has 0 saturated heterocycles. The summed E-state index contributed by atoms with van der Waals surface area (Å²) >= 11 is 0. The third kappa shape index (κ3) is 3.19. The van der Waals surface area contributed by atoms with Gasteiger partial charge in [0.2, 0.25) is 0 Å². The van der Waals surface area contributed by atoms with Gasteiger partial charge in [-0.25, -0.2) is 0 Å². The van der Waals surface area contributed by atoms with E-state index in [2.05, 4.69) is 10.2 Å². The highest BCUT2D eigenvalue weighted by Gasteiger charge is 2.43. The van der Waals surface area contributed by atoms with Crippen molar-refractivity contribution in [3.63, 3.8) is 0 Å². The first-order valence-electron chi connectivity index (χ1n) is 6.86. The fourth-order valence-electron chi connectivity index (χ4n) is 2.00. The standard InChI is InChI=1S/C15H16F2N4O3/c1-21(2)13(22)9-8-18-20-12(9)19-14(23)15(16,17)10-6-4-5-7-11(10)24-3/h4-8H,1-3H3,(H2,18,19,20,23). The highest BCUT2D eigenvalue weighted by molar-refractivity contribution is 6.04. The van der Waals surface area contributed by atoms with Gasteiger partial charge in [-0.05, 0) is 12.1 Å². The number of halogens is 2. The lowest BCUT2D eigenvalue weighted by Crippen LogP contribution is -2.33. The van der Waals surface area contributed by atoms with Gasteiger partial charge in [-0.15, -0.1) is 0 Å². The lowest BCUT2D eigenvalue weighted by Gasteiger charge is -2.18. The van der Waals surface area contributed by atoms with E-state index in [4.69, 9.17) is 4.74 Å². The van der Waals surface area contributed by atoms with Crippen molar-refractivity contribution in [2.24, 2.45) is 0 Å². The summed E-state index contributed by atoms with van der Waals surface area (Å²) < 4.78 is 33.8. The first kappa shape index (κ1) is 17.4. The number of carbonyl (C=O) groups is 2. The first-order valence-corrected chi connectivity index (χ1v) is 6.86. The number of hydrogen-bond donors (Lipinski definition) is 2. The minimum Gasteiger partial charge on any atom is -0.496 e. The highest BCUT2D eigenvalue weighted by Crippen LogP contribution is 2.35. The number of benzene rings is 1. The molecule has 0 unspecified atom stereocenters. The summed E-state index contributed by atoms with van der Waals surface area (Å²) in [5.74, 6) is -6.28. The molecule has 0 aliphatic carbocycles. The predicted octanol–water partition coefficient (Wildman–Crippen LogP) is 1.85. The molecule has 0 aliphatic heterocycles. The van der Waals surface area contributed by atoms with Crippen molar-refractivity contribution in [2.75, 3.05) is 26.5 Å². The number of carbonyl (C=O) groups excluding carboxylic acids is 2. The van der Waals surface area contributed by atoms with Crippen LogP contribution in [0.25, 0.3) is 0 Å². The van der Waals surface area contributed by atoms with Crippen LogP contribution in [0.1, 0.15) is 15.9 Å². The Hall–Kier alpha value is -2.97. The Morgan fingerprint density at radius 1 is 1.29 bits per heavy atom. The SMILES string of the molecule is COc1ccccc1C(F)(F)C(=O)Nc1[nH]ncc1C(=O)N(C)C. The number of amides is 2. The Bertz CT molecular complexity index is 759. The number of methoxy groups -OCH3 is 1. The van der Waals surface area contributed by atoms with E-state index in [0.29, 0.717) is 0 Å². The highest BCUT2D eigenvalue weighted by atomic mass is 19.3. The molecule has 1 heterocycles. The van der Waals surface area contributed by atoms with Gasteiger partial charge < -0.3 is 15.0 Å². The summed E-state index contributed by atoms with van der Waals surface area (Å²) in [7, 11) is 4.21. The normalized spacial score (nSPS) is 11.0. The van der Waals surface area contributed by atoms with Gasteiger partial charge in [-0.2, -0.15) is 13.9 Å². The van der Waals surface area contributed by atoms with Gasteiger partial charge in [-0.3, -0.25) is 14.7 Å². The number of ether oxygens (including phenoxy) is 1. The maximum atomic E-state index is 14.5. The van der Waals surface area contributed by atoms with E-state index in [1.807, 2.05) is 5.32 Å². The molecule has 0 bridgehead atoms. The number of aromatic amines is 1. The Labute approximate surface area is 136 Å². The van der Waals surface area contributed by atoms with Crippen LogP contribution in [-0.2, 0) is 10.7 Å². The third-order valence-corrected chi connectivity index (χ3v) is 3.24. The number of rotatable bonds is 5. The second-order valence-corrected chi connectivity index (χ2v) is 5.09. The minimum absolute atomic E-state index is 0.0239. The second-order valence-electron chi connectivity index (χ2n) is 5.09. The fraction of sp³-hybridized carbons (Fsp3) is 0.267. The summed E-state index contributed by atoms with van der Waals surface area (Å²) in [5, 5.41) is 7.95. The summed E-state index contributed by atoms with van der Waals surface area (Å²) in [4.78, 5) is 25.2. The Morgan fingerprint density at radius 2 is 1.96 bits per heavy atom. The lowest BCUT2D eigenvalue weighted by molar-refractivity contribution is -0.141. The molecule has 0 atom stereocenters. The summed E-state index contributed by atoms with van der Waals surface area (Å²) in [6, 6.07) is 5.31. The van der Waals surface area contributed by atoms with E-state index in [1.54, 1.807) is 0 Å². The minimum atomic E-state index is -3.86. The number of aromatic nitrogens is 2. The van der Waals surface area contributed by atoms with E-state index in [9.17, 15) is 18.4 Å². The number of anilines is 1. The van der Waals surface area contributed by atoms with Crippen LogP contribution in [0.5, 0.6) is 5.75 Å². The molecule has 1 aromatic heterocycles. The van der Waals surface area contributed by atoms with Gasteiger partial charge in [0.25, 0.3) is 5.91 Å². The van der Waals surface area contributed by atoms with E-state index in [0.717, 1.165) is 12.3 Å².